The second kappa shape index (κ2) is 5.94. The topological polar surface area (TPSA) is 21.3 Å². The number of fused-ring (bicyclic) bond motifs is 1. The van der Waals surface area contributed by atoms with Crippen LogP contribution in [0, 0.1) is 11.8 Å². The van der Waals surface area contributed by atoms with Crippen LogP contribution < -0.4 is 5.32 Å². The van der Waals surface area contributed by atoms with Crippen LogP contribution >= 0.6 is 0 Å². The summed E-state index contributed by atoms with van der Waals surface area (Å²) in [6.07, 6.45) is 7.70. The van der Waals surface area contributed by atoms with E-state index in [0.717, 1.165) is 43.9 Å². The molecule has 2 fully saturated rings. The second-order valence-corrected chi connectivity index (χ2v) is 6.81. The van der Waals surface area contributed by atoms with Gasteiger partial charge in [0.1, 0.15) is 0 Å². The largest absolute Gasteiger partial charge is 0.377 e. The van der Waals surface area contributed by atoms with Crippen molar-refractivity contribution in [2.45, 2.75) is 37.6 Å². The third-order valence-electron chi connectivity index (χ3n) is 5.67. The monoisotopic (exact) mass is 283 g/mol. The van der Waals surface area contributed by atoms with Crippen molar-refractivity contribution in [3.05, 3.63) is 47.5 Å². The van der Waals surface area contributed by atoms with Gasteiger partial charge in [-0.25, -0.2) is 0 Å². The molecule has 1 N–H and O–H groups in total. The molecule has 0 aromatic heterocycles. The average molecular weight is 283 g/mol. The molecule has 1 aliphatic heterocycles. The predicted octanol–water partition coefficient (Wildman–Crippen LogP) is 3.51. The molecule has 4 atom stereocenters. The molecule has 1 aromatic rings. The van der Waals surface area contributed by atoms with E-state index >= 15 is 0 Å². The molecule has 3 aliphatic rings. The van der Waals surface area contributed by atoms with Crippen LogP contribution in [0.3, 0.4) is 0 Å². The van der Waals surface area contributed by atoms with E-state index in [1.807, 2.05) is 0 Å². The summed E-state index contributed by atoms with van der Waals surface area (Å²) in [6, 6.07) is 11.8. The minimum absolute atomic E-state index is 0.669. The van der Waals surface area contributed by atoms with Crippen LogP contribution in [0.15, 0.2) is 42.0 Å². The van der Waals surface area contributed by atoms with Crippen LogP contribution in [0.2, 0.25) is 0 Å². The first kappa shape index (κ1) is 13.5. The molecule has 2 saturated carbocycles. The van der Waals surface area contributed by atoms with Crippen LogP contribution in [0.1, 0.15) is 37.2 Å². The van der Waals surface area contributed by atoms with E-state index in [0.29, 0.717) is 6.04 Å². The molecule has 2 nitrogen and oxygen atoms in total. The molecule has 2 aliphatic carbocycles. The highest BCUT2D eigenvalue weighted by Gasteiger charge is 2.52. The van der Waals surface area contributed by atoms with E-state index in [1.165, 1.54) is 30.4 Å². The van der Waals surface area contributed by atoms with E-state index in [4.69, 9.17) is 4.74 Å². The molecule has 0 amide bonds. The Kier molecular flexibility index (Phi) is 3.83. The molecule has 21 heavy (non-hydrogen) atoms. The van der Waals surface area contributed by atoms with Crippen molar-refractivity contribution < 1.29 is 4.74 Å². The van der Waals surface area contributed by atoms with Crippen molar-refractivity contribution >= 4 is 0 Å². The Balaban J connectivity index is 1.46. The average Bonchev–Trinajstić information content (AvgIpc) is 2.94. The summed E-state index contributed by atoms with van der Waals surface area (Å²) in [5, 5.41) is 3.86. The van der Waals surface area contributed by atoms with Crippen molar-refractivity contribution in [1.82, 2.24) is 5.32 Å². The lowest BCUT2D eigenvalue weighted by Gasteiger charge is -2.50. The first-order valence-corrected chi connectivity index (χ1v) is 8.47. The fourth-order valence-electron chi connectivity index (χ4n) is 4.69. The SMILES string of the molecule is C1=C(CN[C@@H]2[C@@H]3CCC[C@H]3[C@H]2c2ccccc2)COCC1. The minimum Gasteiger partial charge on any atom is -0.377 e. The first-order valence-electron chi connectivity index (χ1n) is 8.47. The molecule has 2 heteroatoms. The Morgan fingerprint density at radius 2 is 1.95 bits per heavy atom. The van der Waals surface area contributed by atoms with Gasteiger partial charge in [-0.15, -0.1) is 0 Å². The normalized spacial score (nSPS) is 35.0. The molecule has 0 spiro atoms. The number of hydrogen-bond acceptors (Lipinski definition) is 2. The molecule has 0 radical (unpaired) electrons. The zero-order chi connectivity index (χ0) is 14.1. The number of nitrogens with one attached hydrogen (secondary N) is 1. The van der Waals surface area contributed by atoms with E-state index < -0.39 is 0 Å². The molecule has 0 unspecified atom stereocenters. The molecule has 112 valence electrons. The van der Waals surface area contributed by atoms with Gasteiger partial charge in [-0.05, 0) is 42.2 Å². The summed E-state index contributed by atoms with van der Waals surface area (Å²) in [7, 11) is 0. The van der Waals surface area contributed by atoms with Crippen LogP contribution in [0.5, 0.6) is 0 Å². The molecule has 4 rings (SSSR count). The number of hydrogen-bond donors (Lipinski definition) is 1. The van der Waals surface area contributed by atoms with Gasteiger partial charge in [0.05, 0.1) is 13.2 Å². The quantitative estimate of drug-likeness (QED) is 0.854. The highest BCUT2D eigenvalue weighted by molar-refractivity contribution is 5.28. The summed E-state index contributed by atoms with van der Waals surface area (Å²) in [5.74, 6) is 2.55. The maximum Gasteiger partial charge on any atom is 0.0689 e. The highest BCUT2D eigenvalue weighted by Crippen LogP contribution is 2.55. The van der Waals surface area contributed by atoms with Gasteiger partial charge in [0.25, 0.3) is 0 Å². The lowest BCUT2D eigenvalue weighted by molar-refractivity contribution is 0.0946. The van der Waals surface area contributed by atoms with E-state index in [9.17, 15) is 0 Å². The highest BCUT2D eigenvalue weighted by atomic mass is 16.5. The summed E-state index contributed by atoms with van der Waals surface area (Å²) >= 11 is 0. The second-order valence-electron chi connectivity index (χ2n) is 6.81. The molecular formula is C19H25NO. The standard InChI is InChI=1S/C19H25NO/c1-2-7-15(8-3-1)18-16-9-4-10-17(16)19(18)20-12-14-6-5-11-21-13-14/h1-3,6-8,16-20H,4-5,9-13H2/t16-,17-,18-,19-/m1/s1. The minimum atomic E-state index is 0.669. The Labute approximate surface area is 127 Å². The third-order valence-corrected chi connectivity index (χ3v) is 5.67. The Hall–Kier alpha value is -1.12. The van der Waals surface area contributed by atoms with Gasteiger partial charge >= 0.3 is 0 Å². The smallest absolute Gasteiger partial charge is 0.0689 e. The van der Waals surface area contributed by atoms with Gasteiger partial charge in [0.15, 0.2) is 0 Å². The van der Waals surface area contributed by atoms with Gasteiger partial charge in [-0.2, -0.15) is 0 Å². The predicted molar refractivity (Wildman–Crippen MR) is 85.3 cm³/mol. The molecule has 0 saturated heterocycles. The zero-order valence-electron chi connectivity index (χ0n) is 12.6. The summed E-state index contributed by atoms with van der Waals surface area (Å²) in [5.41, 5.74) is 2.97. The molecule has 0 bridgehead atoms. The van der Waals surface area contributed by atoms with Crippen LogP contribution in [-0.4, -0.2) is 25.8 Å². The van der Waals surface area contributed by atoms with Crippen LogP contribution in [-0.2, 0) is 4.74 Å². The Bertz CT molecular complexity index is 510. The van der Waals surface area contributed by atoms with Crippen molar-refractivity contribution in [2.24, 2.45) is 11.8 Å². The molecular weight excluding hydrogens is 258 g/mol. The third kappa shape index (κ3) is 2.56. The van der Waals surface area contributed by atoms with E-state index in [2.05, 4.69) is 41.7 Å². The van der Waals surface area contributed by atoms with Gasteiger partial charge < -0.3 is 10.1 Å². The van der Waals surface area contributed by atoms with Gasteiger partial charge in [0, 0.05) is 18.5 Å². The molecule has 1 heterocycles. The maximum absolute atomic E-state index is 5.56. The number of rotatable bonds is 4. The van der Waals surface area contributed by atoms with Crippen molar-refractivity contribution in [1.29, 1.82) is 0 Å². The fourth-order valence-corrected chi connectivity index (χ4v) is 4.69. The summed E-state index contributed by atoms with van der Waals surface area (Å²) < 4.78 is 5.56. The number of benzene rings is 1. The van der Waals surface area contributed by atoms with Crippen molar-refractivity contribution in [2.75, 3.05) is 19.8 Å². The molecule has 1 aromatic carbocycles. The first-order chi connectivity index (χ1) is 10.4. The van der Waals surface area contributed by atoms with Crippen molar-refractivity contribution in [3.63, 3.8) is 0 Å². The number of ether oxygens (including phenoxy) is 1. The van der Waals surface area contributed by atoms with Crippen LogP contribution in [0.25, 0.3) is 0 Å². The van der Waals surface area contributed by atoms with E-state index in [1.54, 1.807) is 0 Å². The summed E-state index contributed by atoms with van der Waals surface area (Å²) in [4.78, 5) is 0. The van der Waals surface area contributed by atoms with E-state index in [-0.39, 0.29) is 0 Å². The zero-order valence-corrected chi connectivity index (χ0v) is 12.6. The van der Waals surface area contributed by atoms with Gasteiger partial charge in [-0.3, -0.25) is 0 Å². The maximum atomic E-state index is 5.56. The Morgan fingerprint density at radius 1 is 1.10 bits per heavy atom. The van der Waals surface area contributed by atoms with Crippen LogP contribution in [0.4, 0.5) is 0 Å². The summed E-state index contributed by atoms with van der Waals surface area (Å²) in [6.45, 7) is 2.73. The lowest BCUT2D eigenvalue weighted by atomic mass is 9.60. The van der Waals surface area contributed by atoms with Gasteiger partial charge in [-0.1, -0.05) is 42.8 Å². The van der Waals surface area contributed by atoms with Crippen molar-refractivity contribution in [3.8, 4) is 0 Å². The fraction of sp³-hybridized carbons (Fsp3) is 0.579. The van der Waals surface area contributed by atoms with Gasteiger partial charge in [0.2, 0.25) is 0 Å². The lowest BCUT2D eigenvalue weighted by Crippen LogP contribution is -2.55. The Morgan fingerprint density at radius 3 is 2.76 bits per heavy atom.